The molecule has 0 saturated heterocycles. The van der Waals surface area contributed by atoms with Crippen molar-refractivity contribution in [2.75, 3.05) is 34.0 Å². The molecule has 0 fully saturated rings. The van der Waals surface area contributed by atoms with Crippen molar-refractivity contribution in [3.8, 4) is 11.5 Å². The molecule has 174 valence electrons. The second-order valence-electron chi connectivity index (χ2n) is 7.08. The average molecular weight is 466 g/mol. The lowest BCUT2D eigenvalue weighted by molar-refractivity contribution is -0.143. The molecule has 0 aromatic heterocycles. The van der Waals surface area contributed by atoms with Crippen LogP contribution in [0.5, 0.6) is 11.5 Å². The summed E-state index contributed by atoms with van der Waals surface area (Å²) in [6.45, 7) is 1.79. The van der Waals surface area contributed by atoms with Gasteiger partial charge in [-0.25, -0.2) is 9.59 Å². The highest BCUT2D eigenvalue weighted by molar-refractivity contribution is 6.30. The highest BCUT2D eigenvalue weighted by Crippen LogP contribution is 2.27. The number of halogens is 1. The third-order valence-electron chi connectivity index (χ3n) is 4.62. The van der Waals surface area contributed by atoms with Gasteiger partial charge in [-0.2, -0.15) is 0 Å². The molecule has 0 amide bonds. The van der Waals surface area contributed by atoms with E-state index < -0.39 is 18.0 Å². The molecule has 0 spiro atoms. The van der Waals surface area contributed by atoms with Gasteiger partial charge in [0.15, 0.2) is 13.2 Å². The molecule has 2 aromatic carbocycles. The Labute approximate surface area is 192 Å². The van der Waals surface area contributed by atoms with Crippen molar-refractivity contribution in [2.45, 2.75) is 25.5 Å². The molecule has 2 rings (SSSR count). The molecule has 0 saturated carbocycles. The molecule has 8 nitrogen and oxygen atoms in total. The summed E-state index contributed by atoms with van der Waals surface area (Å²) in [6, 6.07) is 12.2. The number of esters is 2. The van der Waals surface area contributed by atoms with Crippen LogP contribution in [-0.2, 0) is 25.5 Å². The minimum atomic E-state index is -0.708. The van der Waals surface area contributed by atoms with Crippen molar-refractivity contribution in [1.29, 1.82) is 0 Å². The molecule has 0 bridgehead atoms. The molecule has 2 N–H and O–H groups in total. The van der Waals surface area contributed by atoms with E-state index in [1.165, 1.54) is 14.2 Å². The first-order valence-electron chi connectivity index (χ1n) is 10.0. The number of hydrogen-bond donors (Lipinski definition) is 2. The molecule has 32 heavy (non-hydrogen) atoms. The summed E-state index contributed by atoms with van der Waals surface area (Å²) in [6.07, 6.45) is -0.156. The molecule has 2 atom stereocenters. The number of rotatable bonds is 12. The lowest BCUT2D eigenvalue weighted by Gasteiger charge is -2.19. The highest BCUT2D eigenvalue weighted by Gasteiger charge is 2.15. The Morgan fingerprint density at radius 2 is 1.72 bits per heavy atom. The van der Waals surface area contributed by atoms with Gasteiger partial charge >= 0.3 is 11.9 Å². The molecule has 2 unspecified atom stereocenters. The fourth-order valence-electron chi connectivity index (χ4n) is 2.87. The first kappa shape index (κ1) is 25.5. The minimum absolute atomic E-state index is 0.0221. The van der Waals surface area contributed by atoms with E-state index in [0.29, 0.717) is 29.5 Å². The SMILES string of the molecule is COC(=O)COc1ccc(CC(C)NCC(O)c2cccc(Cl)c2)c(OCC(=O)OC)c1. The molecular weight excluding hydrogens is 438 g/mol. The third kappa shape index (κ3) is 8.37. The standard InChI is InChI=1S/C23H28ClNO7/c1-15(25-12-20(26)16-5-4-6-18(24)10-16)9-17-7-8-19(31-13-22(27)29-2)11-21(17)32-14-23(28)30-3/h4-8,10-11,15,20,25-26H,9,12-14H2,1-3H3. The predicted octanol–water partition coefficient (Wildman–Crippen LogP) is 2.70. The first-order chi connectivity index (χ1) is 15.3. The molecule has 0 aliphatic carbocycles. The maximum atomic E-state index is 11.5. The van der Waals surface area contributed by atoms with Crippen molar-refractivity contribution in [2.24, 2.45) is 0 Å². The van der Waals surface area contributed by atoms with Crippen LogP contribution in [0.15, 0.2) is 42.5 Å². The number of carbonyl (C=O) groups excluding carboxylic acids is 2. The summed E-state index contributed by atoms with van der Waals surface area (Å²) in [7, 11) is 2.55. The zero-order chi connectivity index (χ0) is 23.5. The Balaban J connectivity index is 2.03. The fourth-order valence-corrected chi connectivity index (χ4v) is 3.07. The number of carbonyl (C=O) groups is 2. The van der Waals surface area contributed by atoms with Crippen LogP contribution in [-0.4, -0.2) is 57.1 Å². The Bertz CT molecular complexity index is 906. The van der Waals surface area contributed by atoms with Crippen LogP contribution in [0.1, 0.15) is 24.2 Å². The number of benzene rings is 2. The van der Waals surface area contributed by atoms with Gasteiger partial charge in [-0.1, -0.05) is 29.8 Å². The maximum absolute atomic E-state index is 11.5. The summed E-state index contributed by atoms with van der Waals surface area (Å²) in [4.78, 5) is 22.8. The Hall–Kier alpha value is -2.81. The largest absolute Gasteiger partial charge is 0.482 e. The number of nitrogens with one attached hydrogen (secondary N) is 1. The van der Waals surface area contributed by atoms with Crippen LogP contribution in [0.25, 0.3) is 0 Å². The number of aliphatic hydroxyl groups is 1. The summed E-state index contributed by atoms with van der Waals surface area (Å²) in [5.41, 5.74) is 1.54. The molecular formula is C23H28ClNO7. The topological polar surface area (TPSA) is 103 Å². The van der Waals surface area contributed by atoms with Gasteiger partial charge in [0.1, 0.15) is 11.5 Å². The number of hydrogen-bond acceptors (Lipinski definition) is 8. The third-order valence-corrected chi connectivity index (χ3v) is 4.85. The number of aliphatic hydroxyl groups excluding tert-OH is 1. The minimum Gasteiger partial charge on any atom is -0.482 e. The van der Waals surface area contributed by atoms with Crippen molar-refractivity contribution in [1.82, 2.24) is 5.32 Å². The van der Waals surface area contributed by atoms with E-state index in [9.17, 15) is 14.7 Å². The summed E-state index contributed by atoms with van der Waals surface area (Å²) < 4.78 is 20.2. The van der Waals surface area contributed by atoms with Gasteiger partial charge in [-0.15, -0.1) is 0 Å². The molecule has 2 aromatic rings. The fraction of sp³-hybridized carbons (Fsp3) is 0.391. The van der Waals surface area contributed by atoms with Gasteiger partial charge in [-0.3, -0.25) is 0 Å². The van der Waals surface area contributed by atoms with E-state index in [0.717, 1.165) is 11.1 Å². The van der Waals surface area contributed by atoms with Gasteiger partial charge in [0.05, 0.1) is 20.3 Å². The van der Waals surface area contributed by atoms with Crippen LogP contribution in [0, 0.1) is 0 Å². The average Bonchev–Trinajstić information content (AvgIpc) is 2.80. The Kier molecular flexibility index (Phi) is 10.3. The van der Waals surface area contributed by atoms with E-state index in [1.807, 2.05) is 13.0 Å². The Morgan fingerprint density at radius 3 is 2.38 bits per heavy atom. The first-order valence-corrected chi connectivity index (χ1v) is 10.4. The molecule has 0 heterocycles. The summed E-state index contributed by atoms with van der Waals surface area (Å²) in [5, 5.41) is 14.2. The van der Waals surface area contributed by atoms with Gasteiger partial charge in [0.25, 0.3) is 0 Å². The van der Waals surface area contributed by atoms with Crippen LogP contribution in [0.3, 0.4) is 0 Å². The van der Waals surface area contributed by atoms with Gasteiger partial charge in [0.2, 0.25) is 0 Å². The van der Waals surface area contributed by atoms with E-state index in [-0.39, 0.29) is 19.3 Å². The van der Waals surface area contributed by atoms with Crippen LogP contribution in [0.2, 0.25) is 5.02 Å². The summed E-state index contributed by atoms with van der Waals surface area (Å²) >= 11 is 5.99. The van der Waals surface area contributed by atoms with E-state index in [1.54, 1.807) is 36.4 Å². The van der Waals surface area contributed by atoms with Crippen LogP contribution >= 0.6 is 11.6 Å². The quantitative estimate of drug-likeness (QED) is 0.461. The monoisotopic (exact) mass is 465 g/mol. The zero-order valence-electron chi connectivity index (χ0n) is 18.3. The maximum Gasteiger partial charge on any atom is 0.343 e. The lowest BCUT2D eigenvalue weighted by atomic mass is 10.0. The van der Waals surface area contributed by atoms with Crippen molar-refractivity contribution in [3.05, 3.63) is 58.6 Å². The smallest absolute Gasteiger partial charge is 0.343 e. The molecule has 0 aliphatic heterocycles. The predicted molar refractivity (Wildman–Crippen MR) is 119 cm³/mol. The molecule has 0 radical (unpaired) electrons. The van der Waals surface area contributed by atoms with Crippen molar-refractivity contribution >= 4 is 23.5 Å². The van der Waals surface area contributed by atoms with Gasteiger partial charge in [0, 0.05) is 23.7 Å². The zero-order valence-corrected chi connectivity index (χ0v) is 19.1. The lowest BCUT2D eigenvalue weighted by Crippen LogP contribution is -2.32. The van der Waals surface area contributed by atoms with E-state index >= 15 is 0 Å². The van der Waals surface area contributed by atoms with Crippen LogP contribution < -0.4 is 14.8 Å². The van der Waals surface area contributed by atoms with Crippen molar-refractivity contribution in [3.63, 3.8) is 0 Å². The van der Waals surface area contributed by atoms with E-state index in [2.05, 4.69) is 14.8 Å². The molecule has 9 heteroatoms. The number of methoxy groups -OCH3 is 2. The van der Waals surface area contributed by atoms with Gasteiger partial charge < -0.3 is 29.4 Å². The Morgan fingerprint density at radius 1 is 1.03 bits per heavy atom. The highest BCUT2D eigenvalue weighted by atomic mass is 35.5. The molecule has 0 aliphatic rings. The van der Waals surface area contributed by atoms with E-state index in [4.69, 9.17) is 21.1 Å². The van der Waals surface area contributed by atoms with Crippen molar-refractivity contribution < 1.29 is 33.6 Å². The van der Waals surface area contributed by atoms with Crippen LogP contribution in [0.4, 0.5) is 0 Å². The normalized spacial score (nSPS) is 12.5. The second-order valence-corrected chi connectivity index (χ2v) is 7.52. The van der Waals surface area contributed by atoms with Gasteiger partial charge in [-0.05, 0) is 42.7 Å². The summed E-state index contributed by atoms with van der Waals surface area (Å²) in [5.74, 6) is -0.201. The number of ether oxygens (including phenoxy) is 4. The second kappa shape index (κ2) is 12.9.